The summed E-state index contributed by atoms with van der Waals surface area (Å²) >= 11 is 0. The van der Waals surface area contributed by atoms with E-state index >= 15 is 0 Å². The first-order chi connectivity index (χ1) is 29.7. The summed E-state index contributed by atoms with van der Waals surface area (Å²) in [4.78, 5) is 0. The minimum absolute atomic E-state index is 0.0579. The van der Waals surface area contributed by atoms with E-state index in [4.69, 9.17) is 4.42 Å². The Hall–Kier alpha value is -6.57. The van der Waals surface area contributed by atoms with Gasteiger partial charge in [-0.25, -0.2) is 0 Å². The van der Waals surface area contributed by atoms with Crippen molar-refractivity contribution in [2.45, 2.75) is 105 Å². The Bertz CT molecular complexity index is 3390. The monoisotopic (exact) mass is 823 g/mol. The van der Waals surface area contributed by atoms with E-state index in [9.17, 15) is 5.26 Å². The van der Waals surface area contributed by atoms with Gasteiger partial charge in [0.1, 0.15) is 17.3 Å². The van der Waals surface area contributed by atoms with E-state index in [0.29, 0.717) is 5.56 Å². The lowest BCUT2D eigenvalue weighted by molar-refractivity contribution is 0.590. The maximum Gasteiger partial charge on any atom is 0.161 e. The van der Waals surface area contributed by atoms with Gasteiger partial charge in [-0.05, 0) is 104 Å². The number of nitrogens with zero attached hydrogens (tertiary/aromatic N) is 3. The van der Waals surface area contributed by atoms with Crippen LogP contribution in [0, 0.1) is 11.3 Å². The van der Waals surface area contributed by atoms with Crippen molar-refractivity contribution in [2.24, 2.45) is 0 Å². The Labute approximate surface area is 371 Å². The number of fused-ring (bicyclic) bond motifs is 9. The normalized spacial score (nSPS) is 13.1. The highest BCUT2D eigenvalue weighted by Gasteiger charge is 2.30. The van der Waals surface area contributed by atoms with Gasteiger partial charge in [-0.2, -0.15) is 5.26 Å². The van der Waals surface area contributed by atoms with Crippen molar-refractivity contribution in [3.63, 3.8) is 0 Å². The van der Waals surface area contributed by atoms with Crippen LogP contribution in [0.1, 0.15) is 111 Å². The molecular formula is C59H57N3O. The molecule has 0 saturated heterocycles. The van der Waals surface area contributed by atoms with Crippen LogP contribution in [0.3, 0.4) is 0 Å². The molecule has 0 atom stereocenters. The first-order valence-corrected chi connectivity index (χ1v) is 22.4. The van der Waals surface area contributed by atoms with Gasteiger partial charge in [0, 0.05) is 37.9 Å². The van der Waals surface area contributed by atoms with E-state index in [1.807, 2.05) is 6.07 Å². The van der Waals surface area contributed by atoms with Gasteiger partial charge < -0.3 is 13.6 Å². The zero-order chi connectivity index (χ0) is 44.5. The minimum Gasteiger partial charge on any atom is -0.453 e. The van der Waals surface area contributed by atoms with Crippen LogP contribution in [-0.2, 0) is 21.7 Å². The molecule has 10 rings (SSSR count). The maximum atomic E-state index is 11.6. The Morgan fingerprint density at radius 1 is 0.397 bits per heavy atom. The van der Waals surface area contributed by atoms with Crippen molar-refractivity contribution in [1.29, 1.82) is 5.26 Å². The molecule has 0 fully saturated rings. The van der Waals surface area contributed by atoms with Gasteiger partial charge in [0.05, 0.1) is 33.3 Å². The van der Waals surface area contributed by atoms with Crippen LogP contribution in [0.25, 0.3) is 88.1 Å². The van der Waals surface area contributed by atoms with E-state index in [2.05, 4.69) is 220 Å². The smallest absolute Gasteiger partial charge is 0.161 e. The second kappa shape index (κ2) is 13.7. The van der Waals surface area contributed by atoms with Crippen molar-refractivity contribution in [3.8, 4) is 28.6 Å². The molecule has 0 aliphatic carbocycles. The molecule has 10 aromatic rings. The zero-order valence-electron chi connectivity index (χ0n) is 38.9. The Morgan fingerprint density at radius 2 is 0.810 bits per heavy atom. The molecular weight excluding hydrogens is 767 g/mol. The Balaban J connectivity index is 1.45. The summed E-state index contributed by atoms with van der Waals surface area (Å²) in [5.74, 6) is 0. The van der Waals surface area contributed by atoms with Crippen LogP contribution in [0.4, 0.5) is 0 Å². The summed E-state index contributed by atoms with van der Waals surface area (Å²) in [6.45, 7) is 27.3. The van der Waals surface area contributed by atoms with Crippen LogP contribution >= 0.6 is 0 Å². The van der Waals surface area contributed by atoms with Crippen LogP contribution < -0.4 is 0 Å². The Morgan fingerprint density at radius 3 is 1.21 bits per heavy atom. The van der Waals surface area contributed by atoms with Crippen LogP contribution in [-0.4, -0.2) is 9.13 Å². The van der Waals surface area contributed by atoms with Crippen molar-refractivity contribution < 1.29 is 4.42 Å². The molecule has 0 aliphatic heterocycles. The summed E-state index contributed by atoms with van der Waals surface area (Å²) in [5.41, 5.74) is 15.0. The molecule has 0 saturated carbocycles. The molecule has 314 valence electrons. The summed E-state index contributed by atoms with van der Waals surface area (Å²) in [7, 11) is 0. The molecule has 0 N–H and O–H groups in total. The highest BCUT2D eigenvalue weighted by atomic mass is 16.3. The second-order valence-corrected chi connectivity index (χ2v) is 21.9. The molecule has 0 aliphatic rings. The number of furan rings is 1. The molecule has 3 heterocycles. The molecule has 0 bridgehead atoms. The number of benzene rings is 7. The number of rotatable bonds is 3. The number of hydrogen-bond acceptors (Lipinski definition) is 2. The lowest BCUT2D eigenvalue weighted by Crippen LogP contribution is -2.11. The average Bonchev–Trinajstić information content (AvgIpc) is 3.88. The van der Waals surface area contributed by atoms with Gasteiger partial charge >= 0.3 is 0 Å². The fourth-order valence-corrected chi connectivity index (χ4v) is 9.66. The fraction of sp³-hybridized carbons (Fsp3) is 0.271. The van der Waals surface area contributed by atoms with E-state index in [1.165, 1.54) is 43.8 Å². The molecule has 4 heteroatoms. The lowest BCUT2D eigenvalue weighted by Gasteiger charge is -2.21. The number of nitriles is 1. The summed E-state index contributed by atoms with van der Waals surface area (Å²) in [6, 6.07) is 49.4. The van der Waals surface area contributed by atoms with Crippen molar-refractivity contribution >= 4 is 65.6 Å². The van der Waals surface area contributed by atoms with Gasteiger partial charge in [0.15, 0.2) is 5.58 Å². The first-order valence-electron chi connectivity index (χ1n) is 22.4. The van der Waals surface area contributed by atoms with Gasteiger partial charge in [-0.1, -0.05) is 156 Å². The molecule has 0 radical (unpaired) electrons. The Kier molecular flexibility index (Phi) is 8.82. The largest absolute Gasteiger partial charge is 0.453 e. The first kappa shape index (κ1) is 40.5. The number of aromatic nitrogens is 2. The predicted octanol–water partition coefficient (Wildman–Crippen LogP) is 16.5. The average molecular weight is 824 g/mol. The summed E-state index contributed by atoms with van der Waals surface area (Å²) in [5, 5.41) is 18.1. The molecule has 0 unspecified atom stereocenters. The number of hydrogen-bond donors (Lipinski definition) is 0. The van der Waals surface area contributed by atoms with Crippen molar-refractivity contribution in [1.82, 2.24) is 9.13 Å². The van der Waals surface area contributed by atoms with E-state index in [1.54, 1.807) is 0 Å². The van der Waals surface area contributed by atoms with E-state index in [0.717, 1.165) is 66.5 Å². The van der Waals surface area contributed by atoms with Crippen LogP contribution in [0.2, 0.25) is 0 Å². The zero-order valence-corrected chi connectivity index (χ0v) is 38.9. The van der Waals surface area contributed by atoms with Gasteiger partial charge in [-0.3, -0.25) is 0 Å². The molecule has 0 spiro atoms. The van der Waals surface area contributed by atoms with E-state index < -0.39 is 0 Å². The second-order valence-electron chi connectivity index (χ2n) is 21.9. The SMILES string of the molecule is CC(C)(C)c1ccc2c(c1)c1cc(C(C)(C)C)ccc1n2-c1c(C#N)cc2c(oc3c(-c4ccccc4)cccc32)c1-n1c2ccc(C(C)(C)C)cc2c2cc(C(C)(C)C)ccc21. The topological polar surface area (TPSA) is 46.8 Å². The molecule has 63 heavy (non-hydrogen) atoms. The third kappa shape index (κ3) is 6.38. The lowest BCUT2D eigenvalue weighted by atomic mass is 9.85. The molecule has 3 aromatic heterocycles. The molecule has 4 nitrogen and oxygen atoms in total. The molecule has 0 amide bonds. The van der Waals surface area contributed by atoms with Crippen LogP contribution in [0.15, 0.2) is 132 Å². The van der Waals surface area contributed by atoms with Crippen molar-refractivity contribution in [3.05, 3.63) is 155 Å². The third-order valence-electron chi connectivity index (χ3n) is 13.4. The molecule has 7 aromatic carbocycles. The maximum absolute atomic E-state index is 11.6. The van der Waals surface area contributed by atoms with Gasteiger partial charge in [0.25, 0.3) is 0 Å². The van der Waals surface area contributed by atoms with Crippen LogP contribution in [0.5, 0.6) is 0 Å². The predicted molar refractivity (Wildman–Crippen MR) is 267 cm³/mol. The quantitative estimate of drug-likeness (QED) is 0.178. The third-order valence-corrected chi connectivity index (χ3v) is 13.4. The summed E-state index contributed by atoms with van der Waals surface area (Å²) in [6.07, 6.45) is 0. The van der Waals surface area contributed by atoms with Gasteiger partial charge in [-0.15, -0.1) is 0 Å². The van der Waals surface area contributed by atoms with Gasteiger partial charge in [0.2, 0.25) is 0 Å². The standard InChI is InChI=1S/C59H57N3O/c1-56(2,3)37-21-25-48-43(30-37)44-31-38(57(4,5)6)22-26-49(44)61(48)52-36(34-60)29-47-42-20-16-19-41(35-17-14-13-15-18-35)54(42)63-55(47)53(52)62-50-27-23-39(58(7,8)9)32-45(50)46-33-40(59(10,11)12)24-28-51(46)62/h13-33H,1-12H3. The fourth-order valence-electron chi connectivity index (χ4n) is 9.66. The number of para-hydroxylation sites is 1. The highest BCUT2D eigenvalue weighted by molar-refractivity contribution is 6.18. The van der Waals surface area contributed by atoms with E-state index in [-0.39, 0.29) is 21.7 Å². The van der Waals surface area contributed by atoms with Crippen molar-refractivity contribution in [2.75, 3.05) is 0 Å². The highest BCUT2D eigenvalue weighted by Crippen LogP contribution is 2.48. The summed E-state index contributed by atoms with van der Waals surface area (Å²) < 4.78 is 12.1. The minimum atomic E-state index is -0.0588.